The molecule has 0 aliphatic heterocycles. The summed E-state index contributed by atoms with van der Waals surface area (Å²) in [7, 11) is 2.06. The molecule has 0 unspecified atom stereocenters. The van der Waals surface area contributed by atoms with Gasteiger partial charge in [-0.15, -0.1) is 5.10 Å². The molecule has 0 fully saturated rings. The summed E-state index contributed by atoms with van der Waals surface area (Å²) in [5.74, 6) is 0.880. The van der Waals surface area contributed by atoms with Crippen LogP contribution in [-0.4, -0.2) is 26.3 Å². The van der Waals surface area contributed by atoms with Crippen LogP contribution in [0.1, 0.15) is 23.4 Å². The first-order valence-corrected chi connectivity index (χ1v) is 7.58. The second-order valence-corrected chi connectivity index (χ2v) is 5.64. The summed E-state index contributed by atoms with van der Waals surface area (Å²) in [6.07, 6.45) is 7.89. The van der Waals surface area contributed by atoms with E-state index < -0.39 is 0 Å². The fourth-order valence-corrected chi connectivity index (χ4v) is 2.70. The van der Waals surface area contributed by atoms with Gasteiger partial charge in [0.2, 0.25) is 0 Å². The molecular formula is C17H21N5. The van der Waals surface area contributed by atoms with Gasteiger partial charge in [0.25, 0.3) is 0 Å². The zero-order valence-corrected chi connectivity index (χ0v) is 13.3. The Morgan fingerprint density at radius 1 is 1.23 bits per heavy atom. The number of hydrogen-bond donors (Lipinski definition) is 1. The second-order valence-electron chi connectivity index (χ2n) is 5.64. The first kappa shape index (κ1) is 14.5. The fraction of sp³-hybridized carbons (Fsp3) is 0.353. The van der Waals surface area contributed by atoms with E-state index >= 15 is 0 Å². The highest BCUT2D eigenvalue weighted by molar-refractivity contribution is 5.95. The summed E-state index contributed by atoms with van der Waals surface area (Å²) in [5, 5.41) is 14.4. The maximum Gasteiger partial charge on any atom is 0.158 e. The van der Waals surface area contributed by atoms with Crippen LogP contribution in [0, 0.1) is 13.8 Å². The molecule has 0 saturated heterocycles. The quantitative estimate of drug-likeness (QED) is 0.735. The van der Waals surface area contributed by atoms with Crippen molar-refractivity contribution in [2.45, 2.75) is 26.7 Å². The van der Waals surface area contributed by atoms with E-state index in [2.05, 4.69) is 51.3 Å². The third kappa shape index (κ3) is 2.79. The van der Waals surface area contributed by atoms with Gasteiger partial charge in [-0.2, -0.15) is 5.10 Å². The van der Waals surface area contributed by atoms with Crippen molar-refractivity contribution in [2.75, 3.05) is 11.9 Å². The number of rotatable bonds is 5. The Hall–Kier alpha value is -2.43. The van der Waals surface area contributed by atoms with Crippen LogP contribution in [-0.2, 0) is 13.5 Å². The molecule has 0 bridgehead atoms. The van der Waals surface area contributed by atoms with E-state index in [9.17, 15) is 0 Å². The normalized spacial score (nSPS) is 11.0. The molecule has 5 heteroatoms. The molecule has 1 N–H and O–H groups in total. The van der Waals surface area contributed by atoms with Crippen LogP contribution in [0.15, 0.2) is 30.7 Å². The highest BCUT2D eigenvalue weighted by atomic mass is 15.2. The van der Waals surface area contributed by atoms with Crippen molar-refractivity contribution in [1.29, 1.82) is 0 Å². The summed E-state index contributed by atoms with van der Waals surface area (Å²) in [5.41, 5.74) is 3.45. The lowest BCUT2D eigenvalue weighted by molar-refractivity contribution is 0.849. The average molecular weight is 295 g/mol. The minimum atomic E-state index is 0.871. The van der Waals surface area contributed by atoms with Gasteiger partial charge in [0.05, 0.1) is 5.69 Å². The van der Waals surface area contributed by atoms with Crippen LogP contribution < -0.4 is 5.32 Å². The predicted octanol–water partition coefficient (Wildman–Crippen LogP) is 3.02. The van der Waals surface area contributed by atoms with Gasteiger partial charge in [-0.1, -0.05) is 6.07 Å². The number of fused-ring (bicyclic) bond motifs is 1. The van der Waals surface area contributed by atoms with Crippen molar-refractivity contribution in [3.63, 3.8) is 0 Å². The van der Waals surface area contributed by atoms with Gasteiger partial charge in [0.15, 0.2) is 5.82 Å². The molecule has 0 aromatic carbocycles. The van der Waals surface area contributed by atoms with E-state index in [0.29, 0.717) is 0 Å². The third-order valence-corrected chi connectivity index (χ3v) is 4.07. The van der Waals surface area contributed by atoms with Crippen LogP contribution in [0.25, 0.3) is 10.8 Å². The minimum Gasteiger partial charge on any atom is -0.368 e. The minimum absolute atomic E-state index is 0.871. The molecule has 0 aliphatic carbocycles. The monoisotopic (exact) mass is 295 g/mol. The smallest absolute Gasteiger partial charge is 0.158 e. The first-order chi connectivity index (χ1) is 10.7. The number of nitrogens with zero attached hydrogens (tertiary/aromatic N) is 4. The van der Waals surface area contributed by atoms with E-state index in [1.165, 1.54) is 22.0 Å². The molecule has 0 spiro atoms. The van der Waals surface area contributed by atoms with Gasteiger partial charge in [0, 0.05) is 48.6 Å². The molecule has 3 aromatic rings. The molecule has 0 amide bonds. The van der Waals surface area contributed by atoms with Crippen LogP contribution in [0.2, 0.25) is 0 Å². The molecule has 22 heavy (non-hydrogen) atoms. The molecule has 0 saturated carbocycles. The molecular weight excluding hydrogens is 274 g/mol. The molecule has 0 radical (unpaired) electrons. The maximum absolute atomic E-state index is 4.34. The number of aryl methyl sites for hydroxylation is 4. The van der Waals surface area contributed by atoms with Gasteiger partial charge < -0.3 is 9.88 Å². The SMILES string of the molecule is Cc1nnc(NCCCc2cccnc2)c2c(C)n(C)cc12. The summed E-state index contributed by atoms with van der Waals surface area (Å²) in [6.45, 7) is 4.99. The Morgan fingerprint density at radius 2 is 2.09 bits per heavy atom. The van der Waals surface area contributed by atoms with E-state index in [1.54, 1.807) is 6.20 Å². The Kier molecular flexibility index (Phi) is 4.04. The first-order valence-electron chi connectivity index (χ1n) is 7.58. The molecule has 3 rings (SSSR count). The zero-order valence-electron chi connectivity index (χ0n) is 13.3. The van der Waals surface area contributed by atoms with Crippen LogP contribution in [0.3, 0.4) is 0 Å². The number of hydrogen-bond acceptors (Lipinski definition) is 4. The lowest BCUT2D eigenvalue weighted by Crippen LogP contribution is -2.07. The molecule has 0 atom stereocenters. The summed E-state index contributed by atoms with van der Waals surface area (Å²) < 4.78 is 2.13. The highest BCUT2D eigenvalue weighted by Gasteiger charge is 2.12. The van der Waals surface area contributed by atoms with E-state index in [0.717, 1.165) is 30.9 Å². The molecule has 114 valence electrons. The maximum atomic E-state index is 4.34. The van der Waals surface area contributed by atoms with Crippen molar-refractivity contribution in [3.8, 4) is 0 Å². The number of anilines is 1. The predicted molar refractivity (Wildman–Crippen MR) is 89.0 cm³/mol. The molecule has 3 heterocycles. The number of aromatic nitrogens is 4. The van der Waals surface area contributed by atoms with E-state index in [4.69, 9.17) is 0 Å². The Morgan fingerprint density at radius 3 is 2.86 bits per heavy atom. The molecule has 5 nitrogen and oxygen atoms in total. The highest BCUT2D eigenvalue weighted by Crippen LogP contribution is 2.27. The Balaban J connectivity index is 1.70. The van der Waals surface area contributed by atoms with Gasteiger partial charge >= 0.3 is 0 Å². The fourth-order valence-electron chi connectivity index (χ4n) is 2.70. The number of nitrogens with one attached hydrogen (secondary N) is 1. The average Bonchev–Trinajstić information content (AvgIpc) is 2.84. The largest absolute Gasteiger partial charge is 0.368 e. The second kappa shape index (κ2) is 6.13. The summed E-state index contributed by atoms with van der Waals surface area (Å²) in [4.78, 5) is 4.14. The standard InChI is InChI=1S/C17H21N5/c1-12-15-11-22(3)13(2)16(15)17(21-20-12)19-9-5-7-14-6-4-8-18-10-14/h4,6,8,10-11H,5,7,9H2,1-3H3,(H,19,21). The molecule has 0 aliphatic rings. The summed E-state index contributed by atoms with van der Waals surface area (Å²) >= 11 is 0. The number of pyridine rings is 1. The van der Waals surface area contributed by atoms with Crippen molar-refractivity contribution >= 4 is 16.6 Å². The van der Waals surface area contributed by atoms with Crippen LogP contribution >= 0.6 is 0 Å². The topological polar surface area (TPSA) is 55.6 Å². The molecule has 3 aromatic heterocycles. The van der Waals surface area contributed by atoms with Crippen molar-refractivity contribution in [2.24, 2.45) is 7.05 Å². The summed E-state index contributed by atoms with van der Waals surface area (Å²) in [6, 6.07) is 4.09. The Bertz CT molecular complexity index is 777. The Labute approximate surface area is 130 Å². The third-order valence-electron chi connectivity index (χ3n) is 4.07. The zero-order chi connectivity index (χ0) is 15.5. The lowest BCUT2D eigenvalue weighted by atomic mass is 10.1. The van der Waals surface area contributed by atoms with Gasteiger partial charge in [-0.3, -0.25) is 4.98 Å². The van der Waals surface area contributed by atoms with Crippen molar-refractivity contribution in [1.82, 2.24) is 19.7 Å². The lowest BCUT2D eigenvalue weighted by Gasteiger charge is -2.08. The van der Waals surface area contributed by atoms with Gasteiger partial charge in [-0.25, -0.2) is 0 Å². The van der Waals surface area contributed by atoms with Gasteiger partial charge in [0.1, 0.15) is 0 Å². The van der Waals surface area contributed by atoms with E-state index in [1.807, 2.05) is 19.2 Å². The van der Waals surface area contributed by atoms with Crippen LogP contribution in [0.5, 0.6) is 0 Å². The van der Waals surface area contributed by atoms with E-state index in [-0.39, 0.29) is 0 Å². The van der Waals surface area contributed by atoms with Crippen molar-refractivity contribution < 1.29 is 0 Å². The van der Waals surface area contributed by atoms with Crippen LogP contribution in [0.4, 0.5) is 5.82 Å². The van der Waals surface area contributed by atoms with Gasteiger partial charge in [-0.05, 0) is 38.3 Å². The van der Waals surface area contributed by atoms with Crippen molar-refractivity contribution in [3.05, 3.63) is 47.7 Å².